The Bertz CT molecular complexity index is 322. The Hall–Kier alpha value is -1.03. The summed E-state index contributed by atoms with van der Waals surface area (Å²) in [6.07, 6.45) is 3.40. The highest BCUT2D eigenvalue weighted by molar-refractivity contribution is 6.29. The molecule has 1 rings (SSSR count). The van der Waals surface area contributed by atoms with Gasteiger partial charge in [-0.1, -0.05) is 13.8 Å². The van der Waals surface area contributed by atoms with E-state index in [-0.39, 0.29) is 12.5 Å². The van der Waals surface area contributed by atoms with Crippen LogP contribution in [0, 0.1) is 0 Å². The molecule has 1 heterocycles. The lowest BCUT2D eigenvalue weighted by Crippen LogP contribution is -2.21. The molecule has 5 heteroatoms. The zero-order valence-electron chi connectivity index (χ0n) is 8.14. The van der Waals surface area contributed by atoms with E-state index in [4.69, 9.17) is 16.7 Å². The zero-order chi connectivity index (χ0) is 10.7. The first-order valence-corrected chi connectivity index (χ1v) is 4.84. The van der Waals surface area contributed by atoms with Crippen LogP contribution in [0.15, 0.2) is 12.4 Å². The van der Waals surface area contributed by atoms with Crippen LogP contribution in [0.2, 0.25) is 0 Å². The van der Waals surface area contributed by atoms with Gasteiger partial charge >= 0.3 is 5.97 Å². The molecule has 1 unspecified atom stereocenters. The standard InChI is InChI=1S/C9H13ClN2O2/c1-6(2)8-11-3-4-12(8)5-7(10)9(13)14/h3-4,6-7H,5H2,1-2H3,(H,13,14). The number of hydrogen-bond acceptors (Lipinski definition) is 2. The van der Waals surface area contributed by atoms with Gasteiger partial charge in [-0.2, -0.15) is 0 Å². The van der Waals surface area contributed by atoms with Gasteiger partial charge in [0.05, 0.1) is 6.54 Å². The normalized spacial score (nSPS) is 13.1. The van der Waals surface area contributed by atoms with Crippen LogP contribution in [0.3, 0.4) is 0 Å². The van der Waals surface area contributed by atoms with Crippen molar-refractivity contribution in [1.29, 1.82) is 0 Å². The van der Waals surface area contributed by atoms with Crippen LogP contribution in [0.4, 0.5) is 0 Å². The van der Waals surface area contributed by atoms with Crippen LogP contribution in [0.5, 0.6) is 0 Å². The number of hydrogen-bond donors (Lipinski definition) is 1. The maximum absolute atomic E-state index is 10.5. The van der Waals surface area contributed by atoms with Gasteiger partial charge in [0.1, 0.15) is 11.2 Å². The van der Waals surface area contributed by atoms with Crippen molar-refractivity contribution in [2.45, 2.75) is 31.7 Å². The van der Waals surface area contributed by atoms with Crippen molar-refractivity contribution in [3.8, 4) is 0 Å². The number of carboxylic acid groups (broad SMARTS) is 1. The van der Waals surface area contributed by atoms with Gasteiger partial charge in [-0.3, -0.25) is 4.79 Å². The van der Waals surface area contributed by atoms with Crippen LogP contribution in [-0.2, 0) is 11.3 Å². The fourth-order valence-electron chi connectivity index (χ4n) is 1.23. The number of nitrogens with zero attached hydrogens (tertiary/aromatic N) is 2. The van der Waals surface area contributed by atoms with Gasteiger partial charge < -0.3 is 9.67 Å². The van der Waals surface area contributed by atoms with E-state index < -0.39 is 11.3 Å². The second-order valence-corrected chi connectivity index (χ2v) is 3.93. The number of aliphatic carboxylic acids is 1. The molecule has 1 aromatic heterocycles. The highest BCUT2D eigenvalue weighted by atomic mass is 35.5. The summed E-state index contributed by atoms with van der Waals surface area (Å²) in [6, 6.07) is 0. The van der Waals surface area contributed by atoms with E-state index in [0.29, 0.717) is 0 Å². The summed E-state index contributed by atoms with van der Waals surface area (Å²) in [6.45, 7) is 4.26. The molecule has 0 fully saturated rings. The summed E-state index contributed by atoms with van der Waals surface area (Å²) in [7, 11) is 0. The van der Waals surface area contributed by atoms with E-state index in [0.717, 1.165) is 5.82 Å². The van der Waals surface area contributed by atoms with Crippen LogP contribution in [0.25, 0.3) is 0 Å². The highest BCUT2D eigenvalue weighted by Gasteiger charge is 2.16. The molecule has 1 aromatic rings. The van der Waals surface area contributed by atoms with Gasteiger partial charge in [-0.05, 0) is 0 Å². The SMILES string of the molecule is CC(C)c1nccn1CC(Cl)C(=O)O. The number of rotatable bonds is 4. The average molecular weight is 217 g/mol. The van der Waals surface area contributed by atoms with Gasteiger partial charge in [0.2, 0.25) is 0 Å². The third-order valence-electron chi connectivity index (χ3n) is 1.89. The van der Waals surface area contributed by atoms with Crippen molar-refractivity contribution >= 4 is 17.6 Å². The molecule has 1 atom stereocenters. The van der Waals surface area contributed by atoms with Gasteiger partial charge in [0.15, 0.2) is 0 Å². The minimum Gasteiger partial charge on any atom is -0.480 e. The fourth-order valence-corrected chi connectivity index (χ4v) is 1.38. The Labute approximate surface area is 87.5 Å². The van der Waals surface area contributed by atoms with Gasteiger partial charge in [-0.15, -0.1) is 11.6 Å². The summed E-state index contributed by atoms with van der Waals surface area (Å²) in [5.74, 6) is 0.120. The Morgan fingerprint density at radius 3 is 2.86 bits per heavy atom. The predicted octanol–water partition coefficient (Wildman–Crippen LogP) is 1.70. The van der Waals surface area contributed by atoms with E-state index >= 15 is 0 Å². The lowest BCUT2D eigenvalue weighted by atomic mass is 10.2. The predicted molar refractivity (Wildman–Crippen MR) is 53.6 cm³/mol. The number of carboxylic acids is 1. The number of imidazole rings is 1. The van der Waals surface area contributed by atoms with Crippen molar-refractivity contribution < 1.29 is 9.90 Å². The van der Waals surface area contributed by atoms with E-state index in [1.165, 1.54) is 0 Å². The molecule has 0 aliphatic heterocycles. The largest absolute Gasteiger partial charge is 0.480 e. The second kappa shape index (κ2) is 4.46. The molecule has 14 heavy (non-hydrogen) atoms. The van der Waals surface area contributed by atoms with E-state index in [2.05, 4.69) is 4.98 Å². The number of aromatic nitrogens is 2. The highest BCUT2D eigenvalue weighted by Crippen LogP contribution is 2.13. The first-order valence-electron chi connectivity index (χ1n) is 4.40. The molecule has 0 aliphatic rings. The quantitative estimate of drug-likeness (QED) is 0.780. The molecule has 0 saturated heterocycles. The van der Waals surface area contributed by atoms with Crippen molar-refractivity contribution in [2.24, 2.45) is 0 Å². The number of alkyl halides is 1. The molecular weight excluding hydrogens is 204 g/mol. The molecular formula is C9H13ClN2O2. The lowest BCUT2D eigenvalue weighted by Gasteiger charge is -2.11. The minimum absolute atomic E-state index is 0.254. The van der Waals surface area contributed by atoms with Crippen LogP contribution in [0.1, 0.15) is 25.6 Å². The zero-order valence-corrected chi connectivity index (χ0v) is 8.90. The second-order valence-electron chi connectivity index (χ2n) is 3.40. The van der Waals surface area contributed by atoms with E-state index in [9.17, 15) is 4.79 Å². The molecule has 0 bridgehead atoms. The maximum atomic E-state index is 10.5. The van der Waals surface area contributed by atoms with E-state index in [1.54, 1.807) is 17.0 Å². The van der Waals surface area contributed by atoms with Gasteiger partial charge in [-0.25, -0.2) is 4.98 Å². The van der Waals surface area contributed by atoms with Gasteiger partial charge in [0.25, 0.3) is 0 Å². The summed E-state index contributed by atoms with van der Waals surface area (Å²) in [4.78, 5) is 14.7. The third kappa shape index (κ3) is 2.48. The third-order valence-corrected chi connectivity index (χ3v) is 2.21. The topological polar surface area (TPSA) is 55.1 Å². The first-order chi connectivity index (χ1) is 6.52. The first kappa shape index (κ1) is 11.0. The molecule has 0 amide bonds. The summed E-state index contributed by atoms with van der Waals surface area (Å²) < 4.78 is 1.77. The van der Waals surface area contributed by atoms with Crippen LogP contribution >= 0.6 is 11.6 Å². The minimum atomic E-state index is -1.00. The number of halogens is 1. The van der Waals surface area contributed by atoms with Crippen molar-refractivity contribution in [3.63, 3.8) is 0 Å². The Kier molecular flexibility index (Phi) is 3.52. The molecule has 4 nitrogen and oxygen atoms in total. The van der Waals surface area contributed by atoms with Gasteiger partial charge in [0, 0.05) is 18.3 Å². The molecule has 0 radical (unpaired) electrons. The summed E-state index contributed by atoms with van der Waals surface area (Å²) >= 11 is 5.64. The monoisotopic (exact) mass is 216 g/mol. The molecule has 0 aromatic carbocycles. The van der Waals surface area contributed by atoms with Crippen LogP contribution < -0.4 is 0 Å². The number of carbonyl (C=O) groups is 1. The van der Waals surface area contributed by atoms with Crippen molar-refractivity contribution in [2.75, 3.05) is 0 Å². The van der Waals surface area contributed by atoms with Crippen molar-refractivity contribution in [1.82, 2.24) is 9.55 Å². The van der Waals surface area contributed by atoms with E-state index in [1.807, 2.05) is 13.8 Å². The molecule has 0 saturated carbocycles. The molecule has 0 aliphatic carbocycles. The van der Waals surface area contributed by atoms with Crippen molar-refractivity contribution in [3.05, 3.63) is 18.2 Å². The summed E-state index contributed by atoms with van der Waals surface area (Å²) in [5, 5.41) is 7.74. The fraction of sp³-hybridized carbons (Fsp3) is 0.556. The summed E-state index contributed by atoms with van der Waals surface area (Å²) in [5.41, 5.74) is 0. The molecule has 0 spiro atoms. The molecule has 1 N–H and O–H groups in total. The molecule has 78 valence electrons. The Morgan fingerprint density at radius 1 is 1.71 bits per heavy atom. The lowest BCUT2D eigenvalue weighted by molar-refractivity contribution is -0.136. The Morgan fingerprint density at radius 2 is 2.36 bits per heavy atom. The average Bonchev–Trinajstić information content (AvgIpc) is 2.52. The maximum Gasteiger partial charge on any atom is 0.323 e. The smallest absolute Gasteiger partial charge is 0.323 e. The Balaban J connectivity index is 2.76. The van der Waals surface area contributed by atoms with Crippen LogP contribution in [-0.4, -0.2) is 26.0 Å².